The molecule has 0 atom stereocenters. The van der Waals surface area contributed by atoms with Crippen LogP contribution >= 0.6 is 23.1 Å². The number of aryl methyl sites for hydroxylation is 2. The van der Waals surface area contributed by atoms with Gasteiger partial charge >= 0.3 is 10.1 Å². The molecule has 108 valence electrons. The van der Waals surface area contributed by atoms with Crippen molar-refractivity contribution in [3.8, 4) is 0 Å². The minimum atomic E-state index is -0.284. The average molecular weight is 319 g/mol. The summed E-state index contributed by atoms with van der Waals surface area (Å²) >= 11 is 2.84. The number of fused-ring (bicyclic) bond motifs is 1. The summed E-state index contributed by atoms with van der Waals surface area (Å²) < 4.78 is 3.44. The molecule has 0 saturated carbocycles. The zero-order valence-electron chi connectivity index (χ0n) is 11.8. The normalized spacial score (nSPS) is 12.2. The van der Waals surface area contributed by atoms with Crippen LogP contribution in [0.1, 0.15) is 11.1 Å². The zero-order valence-corrected chi connectivity index (χ0v) is 13.4. The van der Waals surface area contributed by atoms with Crippen molar-refractivity contribution in [2.24, 2.45) is 12.0 Å². The first-order valence-corrected chi connectivity index (χ1v) is 8.25. The van der Waals surface area contributed by atoms with Gasteiger partial charge in [-0.3, -0.25) is 0 Å². The highest BCUT2D eigenvalue weighted by Gasteiger charge is 2.21. The van der Waals surface area contributed by atoms with E-state index in [2.05, 4.69) is 15.2 Å². The molecule has 0 fully saturated rings. The molecule has 0 amide bonds. The fraction of sp³-hybridized carbons (Fsp3) is 0.231. The summed E-state index contributed by atoms with van der Waals surface area (Å²) in [6.45, 7) is 1.98. The van der Waals surface area contributed by atoms with Crippen LogP contribution in [-0.2, 0) is 7.05 Å². The van der Waals surface area contributed by atoms with Gasteiger partial charge in [-0.1, -0.05) is 55.9 Å². The molecule has 0 bridgehead atoms. The molecule has 8 heteroatoms. The predicted octanol–water partition coefficient (Wildman–Crippen LogP) is 1.08. The van der Waals surface area contributed by atoms with Gasteiger partial charge in [0.2, 0.25) is 5.13 Å². The summed E-state index contributed by atoms with van der Waals surface area (Å²) in [5.74, 6) is -0.284. The maximum absolute atomic E-state index is 12.1. The monoisotopic (exact) mass is 319 g/mol. The smallest absolute Gasteiger partial charge is 0.361 e. The minimum absolute atomic E-state index is 0.284. The standard InChI is InChI=1S/C13H13N5OS2/c1-8-4-6-9(7-5-8)10(19)14-11-15-18-12(20-3)16-17(2)13(18)21-11/h4-7H,1-3H3. The van der Waals surface area contributed by atoms with E-state index in [0.29, 0.717) is 10.7 Å². The molecule has 1 aromatic carbocycles. The molecule has 0 unspecified atom stereocenters. The van der Waals surface area contributed by atoms with Crippen LogP contribution in [0.5, 0.6) is 0 Å². The van der Waals surface area contributed by atoms with Gasteiger partial charge in [0.15, 0.2) is 0 Å². The van der Waals surface area contributed by atoms with Crippen LogP contribution < -0.4 is 9.62 Å². The van der Waals surface area contributed by atoms with Crippen LogP contribution in [0.25, 0.3) is 4.96 Å². The van der Waals surface area contributed by atoms with E-state index in [1.54, 1.807) is 21.3 Å². The number of rotatable bonds is 3. The second-order valence-corrected chi connectivity index (χ2v) is 6.18. The molecule has 0 aliphatic rings. The first kappa shape index (κ1) is 14.0. The Morgan fingerprint density at radius 1 is 1.38 bits per heavy atom. The highest BCUT2D eigenvalue weighted by atomic mass is 32.2. The van der Waals surface area contributed by atoms with Crippen LogP contribution in [0.15, 0.2) is 34.4 Å². The number of aromatic nitrogens is 4. The second-order valence-electron chi connectivity index (χ2n) is 4.47. The van der Waals surface area contributed by atoms with Gasteiger partial charge in [-0.25, -0.2) is 4.99 Å². The van der Waals surface area contributed by atoms with E-state index in [1.165, 1.54) is 23.1 Å². The van der Waals surface area contributed by atoms with Crippen molar-refractivity contribution >= 4 is 39.1 Å². The van der Waals surface area contributed by atoms with Crippen molar-refractivity contribution in [3.63, 3.8) is 0 Å². The number of benzene rings is 1. The Morgan fingerprint density at radius 2 is 2.10 bits per heavy atom. The van der Waals surface area contributed by atoms with Gasteiger partial charge in [0.05, 0.1) is 12.1 Å². The zero-order chi connectivity index (χ0) is 15.0. The van der Waals surface area contributed by atoms with Crippen LogP contribution in [0, 0.1) is 6.92 Å². The molecule has 0 aliphatic heterocycles. The van der Waals surface area contributed by atoms with E-state index in [4.69, 9.17) is 0 Å². The van der Waals surface area contributed by atoms with Gasteiger partial charge in [-0.15, -0.1) is 0 Å². The van der Waals surface area contributed by atoms with Crippen molar-refractivity contribution in [1.82, 2.24) is 14.9 Å². The fourth-order valence-corrected chi connectivity index (χ4v) is 3.20. The quantitative estimate of drug-likeness (QED) is 0.313. The lowest BCUT2D eigenvalue weighted by molar-refractivity contribution is -0.615. The molecule has 0 N–H and O–H groups in total. The Kier molecular flexibility index (Phi) is 3.64. The summed E-state index contributed by atoms with van der Waals surface area (Å²) in [5, 5.41) is 22.0. The van der Waals surface area contributed by atoms with Crippen LogP contribution in [-0.4, -0.2) is 27.0 Å². The third kappa shape index (κ3) is 2.64. The molecule has 21 heavy (non-hydrogen) atoms. The Bertz CT molecular complexity index is 819. The van der Waals surface area contributed by atoms with E-state index >= 15 is 0 Å². The molecule has 0 spiro atoms. The molecule has 0 aliphatic carbocycles. The number of thioether (sulfide) groups is 1. The lowest BCUT2D eigenvalue weighted by Gasteiger charge is -2.09. The van der Waals surface area contributed by atoms with E-state index in [1.807, 2.05) is 32.4 Å². The summed E-state index contributed by atoms with van der Waals surface area (Å²) in [6.07, 6.45) is 1.93. The fourth-order valence-electron chi connectivity index (χ4n) is 1.83. The van der Waals surface area contributed by atoms with Crippen molar-refractivity contribution in [3.05, 3.63) is 35.4 Å². The Labute approximate surface area is 129 Å². The van der Waals surface area contributed by atoms with Gasteiger partial charge in [-0.05, 0) is 36.0 Å². The summed E-state index contributed by atoms with van der Waals surface area (Å²) in [7, 11) is 1.85. The van der Waals surface area contributed by atoms with Crippen molar-refractivity contribution in [1.29, 1.82) is 0 Å². The predicted molar refractivity (Wildman–Crippen MR) is 81.2 cm³/mol. The SMILES string of the molecule is CSc1nn(C)c2sc(/N=C(\[O-])c3ccc(C)cc3)n[n+]12. The first-order valence-electron chi connectivity index (χ1n) is 6.21. The minimum Gasteiger partial charge on any atom is -0.858 e. The van der Waals surface area contributed by atoms with Gasteiger partial charge in [0, 0.05) is 0 Å². The van der Waals surface area contributed by atoms with Crippen molar-refractivity contribution < 1.29 is 9.62 Å². The number of aliphatic imine (C=N–C) groups is 1. The molecule has 3 aromatic rings. The van der Waals surface area contributed by atoms with E-state index in [-0.39, 0.29) is 5.90 Å². The van der Waals surface area contributed by atoms with Crippen molar-refractivity contribution in [2.45, 2.75) is 12.1 Å². The Morgan fingerprint density at radius 3 is 2.76 bits per heavy atom. The second kappa shape index (κ2) is 5.45. The molecular formula is C13H13N5OS2. The summed E-state index contributed by atoms with van der Waals surface area (Å²) in [4.78, 5) is 4.92. The molecule has 2 heterocycles. The molecule has 0 radical (unpaired) electrons. The maximum atomic E-state index is 12.1. The van der Waals surface area contributed by atoms with Gasteiger partial charge in [-0.2, -0.15) is 0 Å². The molecule has 0 saturated heterocycles. The third-order valence-electron chi connectivity index (χ3n) is 2.92. The van der Waals surface area contributed by atoms with Crippen LogP contribution in [0.4, 0.5) is 5.13 Å². The largest absolute Gasteiger partial charge is 0.858 e. The van der Waals surface area contributed by atoms with Crippen LogP contribution in [0.3, 0.4) is 0 Å². The number of hydrogen-bond acceptors (Lipinski definition) is 6. The Balaban J connectivity index is 2.00. The molecule has 6 nitrogen and oxygen atoms in total. The average Bonchev–Trinajstić information content (AvgIpc) is 3.00. The van der Waals surface area contributed by atoms with Gasteiger partial charge < -0.3 is 5.11 Å². The topological polar surface area (TPSA) is 70.2 Å². The Hall–Kier alpha value is -1.93. The van der Waals surface area contributed by atoms with E-state index in [0.717, 1.165) is 15.7 Å². The summed E-state index contributed by atoms with van der Waals surface area (Å²) in [6, 6.07) is 7.34. The third-order valence-corrected chi connectivity index (χ3v) is 4.52. The molecule has 3 rings (SSSR count). The van der Waals surface area contributed by atoms with Crippen molar-refractivity contribution in [2.75, 3.05) is 6.26 Å². The highest BCUT2D eigenvalue weighted by Crippen LogP contribution is 2.21. The van der Waals surface area contributed by atoms with Crippen LogP contribution in [0.2, 0.25) is 0 Å². The van der Waals surface area contributed by atoms with Gasteiger partial charge in [0.1, 0.15) is 0 Å². The summed E-state index contributed by atoms with van der Waals surface area (Å²) in [5.41, 5.74) is 1.67. The lowest BCUT2D eigenvalue weighted by atomic mass is 10.1. The molecular weight excluding hydrogens is 306 g/mol. The highest BCUT2D eigenvalue weighted by molar-refractivity contribution is 7.98. The first-order chi connectivity index (χ1) is 10.1. The maximum Gasteiger partial charge on any atom is 0.361 e. The van der Waals surface area contributed by atoms with E-state index in [9.17, 15) is 5.11 Å². The number of nitrogens with zero attached hydrogens (tertiary/aromatic N) is 5. The molecule has 2 aromatic heterocycles. The lowest BCUT2D eigenvalue weighted by Crippen LogP contribution is -2.23. The number of hydrogen-bond donors (Lipinski definition) is 0. The van der Waals surface area contributed by atoms with Gasteiger partial charge in [0.25, 0.3) is 0 Å². The van der Waals surface area contributed by atoms with E-state index < -0.39 is 0 Å².